The zero-order valence-corrected chi connectivity index (χ0v) is 17.0. The van der Waals surface area contributed by atoms with Crippen LogP contribution in [0.4, 0.5) is 13.2 Å². The van der Waals surface area contributed by atoms with E-state index in [2.05, 4.69) is 9.97 Å². The Bertz CT molecular complexity index is 893. The smallest absolute Gasteiger partial charge is 0.383 e. The summed E-state index contributed by atoms with van der Waals surface area (Å²) in [6.45, 7) is 4.41. The van der Waals surface area contributed by atoms with E-state index in [4.69, 9.17) is 5.26 Å². The number of nitriles is 1. The van der Waals surface area contributed by atoms with Crippen molar-refractivity contribution < 1.29 is 18.3 Å². The number of rotatable bonds is 6. The van der Waals surface area contributed by atoms with Gasteiger partial charge in [-0.25, -0.2) is 0 Å². The summed E-state index contributed by atoms with van der Waals surface area (Å²) in [5.41, 5.74) is -0.129. The van der Waals surface area contributed by atoms with Crippen LogP contribution in [0.3, 0.4) is 0 Å². The Kier molecular flexibility index (Phi) is 6.16. The van der Waals surface area contributed by atoms with Crippen LogP contribution in [0.15, 0.2) is 42.7 Å². The minimum atomic E-state index is -4.71. The van der Waals surface area contributed by atoms with E-state index in [-0.39, 0.29) is 25.8 Å². The number of nitrogens with zero attached hydrogens (tertiary/aromatic N) is 4. The summed E-state index contributed by atoms with van der Waals surface area (Å²) in [5, 5.41) is 19.2. The highest BCUT2D eigenvalue weighted by atomic mass is 19.4. The second-order valence-corrected chi connectivity index (χ2v) is 8.40. The van der Waals surface area contributed by atoms with Crippen molar-refractivity contribution in [2.45, 2.75) is 50.9 Å². The summed E-state index contributed by atoms with van der Waals surface area (Å²) >= 11 is 0. The fourth-order valence-corrected chi connectivity index (χ4v) is 4.19. The lowest BCUT2D eigenvalue weighted by atomic mass is 9.76. The van der Waals surface area contributed by atoms with Gasteiger partial charge in [0.2, 0.25) is 0 Å². The van der Waals surface area contributed by atoms with Crippen LogP contribution in [0.25, 0.3) is 0 Å². The van der Waals surface area contributed by atoms with Crippen molar-refractivity contribution in [3.05, 3.63) is 59.7 Å². The maximum atomic E-state index is 13.6. The Labute approximate surface area is 174 Å². The molecular formula is C22H25F3N4O. The van der Waals surface area contributed by atoms with Gasteiger partial charge in [-0.05, 0) is 63.9 Å². The molecular weight excluding hydrogens is 393 g/mol. The summed E-state index contributed by atoms with van der Waals surface area (Å²) in [4.78, 5) is 10.5. The predicted molar refractivity (Wildman–Crippen MR) is 105 cm³/mol. The number of halogens is 3. The first kappa shape index (κ1) is 22.2. The quantitative estimate of drug-likeness (QED) is 0.772. The second-order valence-electron chi connectivity index (χ2n) is 8.40. The Hall–Kier alpha value is -2.50. The summed E-state index contributed by atoms with van der Waals surface area (Å²) in [7, 11) is 0. The summed E-state index contributed by atoms with van der Waals surface area (Å²) in [5.74, 6) is 0. The molecule has 2 aromatic rings. The van der Waals surface area contributed by atoms with Gasteiger partial charge in [0, 0.05) is 30.0 Å². The van der Waals surface area contributed by atoms with Crippen LogP contribution in [0, 0.1) is 16.7 Å². The highest BCUT2D eigenvalue weighted by Gasteiger charge is 2.56. The molecule has 3 rings (SSSR count). The highest BCUT2D eigenvalue weighted by Crippen LogP contribution is 2.47. The Balaban J connectivity index is 1.83. The van der Waals surface area contributed by atoms with E-state index in [1.807, 2.05) is 36.9 Å². The number of hydrogen-bond donors (Lipinski definition) is 1. The third kappa shape index (κ3) is 4.47. The van der Waals surface area contributed by atoms with Crippen molar-refractivity contribution in [1.82, 2.24) is 14.9 Å². The van der Waals surface area contributed by atoms with Crippen molar-refractivity contribution in [2.24, 2.45) is 5.41 Å². The van der Waals surface area contributed by atoms with Gasteiger partial charge in [-0.3, -0.25) is 14.9 Å². The Morgan fingerprint density at radius 2 is 2.00 bits per heavy atom. The fourth-order valence-electron chi connectivity index (χ4n) is 4.19. The number of likely N-dealkylation sites (tertiary alicyclic amines) is 1. The molecule has 0 aromatic carbocycles. The molecule has 1 aliphatic rings. The monoisotopic (exact) mass is 418 g/mol. The van der Waals surface area contributed by atoms with E-state index in [1.54, 1.807) is 24.4 Å². The Morgan fingerprint density at radius 3 is 2.57 bits per heavy atom. The minimum absolute atomic E-state index is 0.105. The molecule has 8 heteroatoms. The van der Waals surface area contributed by atoms with Crippen molar-refractivity contribution in [1.29, 1.82) is 5.26 Å². The molecule has 1 aliphatic heterocycles. The Morgan fingerprint density at radius 1 is 1.23 bits per heavy atom. The molecule has 2 aromatic heterocycles. The van der Waals surface area contributed by atoms with E-state index in [0.717, 1.165) is 5.69 Å². The lowest BCUT2D eigenvalue weighted by Crippen LogP contribution is -2.49. The first-order valence-corrected chi connectivity index (χ1v) is 9.85. The topological polar surface area (TPSA) is 73.0 Å². The number of aliphatic hydroxyl groups excluding tert-OH is 1. The molecule has 0 bridgehead atoms. The zero-order chi connectivity index (χ0) is 22.0. The van der Waals surface area contributed by atoms with Crippen LogP contribution < -0.4 is 0 Å². The number of aromatic nitrogens is 2. The van der Waals surface area contributed by atoms with Gasteiger partial charge in [0.15, 0.2) is 6.10 Å². The molecule has 160 valence electrons. The summed E-state index contributed by atoms with van der Waals surface area (Å²) < 4.78 is 40.8. The normalized spacial score (nSPS) is 21.4. The van der Waals surface area contributed by atoms with Gasteiger partial charge >= 0.3 is 6.18 Å². The van der Waals surface area contributed by atoms with Crippen LogP contribution in [0.5, 0.6) is 0 Å². The van der Waals surface area contributed by atoms with E-state index < -0.39 is 23.2 Å². The van der Waals surface area contributed by atoms with Gasteiger partial charge in [-0.1, -0.05) is 6.07 Å². The van der Waals surface area contributed by atoms with Gasteiger partial charge in [-0.2, -0.15) is 18.4 Å². The predicted octanol–water partition coefficient (Wildman–Crippen LogP) is 3.83. The number of hydrogen-bond acceptors (Lipinski definition) is 5. The largest absolute Gasteiger partial charge is 0.414 e. The SMILES string of the molecule is CC(C)(c1ccccn1)N1CC[C@@](CCc2ccc(C#N)cn2)(C(O)C(F)(F)F)C1. The fraction of sp³-hybridized carbons (Fsp3) is 0.500. The average Bonchev–Trinajstić information content (AvgIpc) is 3.18. The second kappa shape index (κ2) is 8.32. The molecule has 1 saturated heterocycles. The summed E-state index contributed by atoms with van der Waals surface area (Å²) in [6, 6.07) is 10.7. The molecule has 1 fully saturated rings. The van der Waals surface area contributed by atoms with Gasteiger partial charge in [0.1, 0.15) is 6.07 Å². The average molecular weight is 418 g/mol. The van der Waals surface area contributed by atoms with E-state index in [0.29, 0.717) is 17.8 Å². The van der Waals surface area contributed by atoms with Crippen LogP contribution in [-0.4, -0.2) is 45.3 Å². The number of alkyl halides is 3. The van der Waals surface area contributed by atoms with Gasteiger partial charge in [0.25, 0.3) is 0 Å². The number of aliphatic hydroxyl groups is 1. The van der Waals surface area contributed by atoms with E-state index in [1.165, 1.54) is 6.20 Å². The van der Waals surface area contributed by atoms with Gasteiger partial charge in [-0.15, -0.1) is 0 Å². The number of pyridine rings is 2. The summed E-state index contributed by atoms with van der Waals surface area (Å²) in [6.07, 6.45) is -3.40. The van der Waals surface area contributed by atoms with Gasteiger partial charge < -0.3 is 5.11 Å². The van der Waals surface area contributed by atoms with E-state index in [9.17, 15) is 18.3 Å². The standard InChI is InChI=1S/C22H25F3N4O/c1-20(2,18-5-3-4-11-27-18)29-12-10-21(15-29,19(30)22(23,24)25)9-8-17-7-6-16(13-26)14-28-17/h3-7,11,14,19,30H,8-10,12,15H2,1-2H3/t19?,21-/m1/s1. The van der Waals surface area contributed by atoms with Crippen LogP contribution in [0.2, 0.25) is 0 Å². The van der Waals surface area contributed by atoms with Crippen molar-refractivity contribution in [3.63, 3.8) is 0 Å². The highest BCUT2D eigenvalue weighted by molar-refractivity contribution is 5.26. The van der Waals surface area contributed by atoms with Crippen molar-refractivity contribution in [3.8, 4) is 6.07 Å². The third-order valence-electron chi connectivity index (χ3n) is 6.19. The molecule has 1 N–H and O–H groups in total. The zero-order valence-electron chi connectivity index (χ0n) is 17.0. The molecule has 3 heterocycles. The van der Waals surface area contributed by atoms with Crippen LogP contribution in [-0.2, 0) is 12.0 Å². The molecule has 0 saturated carbocycles. The number of aryl methyl sites for hydroxylation is 1. The van der Waals surface area contributed by atoms with Crippen LogP contribution >= 0.6 is 0 Å². The molecule has 0 amide bonds. The lowest BCUT2D eigenvalue weighted by molar-refractivity contribution is -0.239. The molecule has 0 spiro atoms. The van der Waals surface area contributed by atoms with E-state index >= 15 is 0 Å². The third-order valence-corrected chi connectivity index (χ3v) is 6.19. The van der Waals surface area contributed by atoms with Crippen molar-refractivity contribution >= 4 is 0 Å². The molecule has 0 radical (unpaired) electrons. The lowest BCUT2D eigenvalue weighted by Gasteiger charge is -2.39. The molecule has 0 aliphatic carbocycles. The molecule has 30 heavy (non-hydrogen) atoms. The first-order chi connectivity index (χ1) is 14.1. The maximum Gasteiger partial charge on any atom is 0.414 e. The molecule has 2 atom stereocenters. The van der Waals surface area contributed by atoms with Crippen LogP contribution in [0.1, 0.15) is 43.6 Å². The molecule has 5 nitrogen and oxygen atoms in total. The first-order valence-electron chi connectivity index (χ1n) is 9.85. The van der Waals surface area contributed by atoms with Crippen molar-refractivity contribution in [2.75, 3.05) is 13.1 Å². The van der Waals surface area contributed by atoms with Gasteiger partial charge in [0.05, 0.1) is 16.8 Å². The molecule has 1 unspecified atom stereocenters. The maximum absolute atomic E-state index is 13.6. The minimum Gasteiger partial charge on any atom is -0.383 e.